The van der Waals surface area contributed by atoms with Crippen LogP contribution in [0.5, 0.6) is 0 Å². The van der Waals surface area contributed by atoms with Crippen molar-refractivity contribution in [1.29, 1.82) is 0 Å². The molecule has 9 rings (SSSR count). The van der Waals surface area contributed by atoms with Crippen molar-refractivity contribution >= 4 is 32.6 Å². The normalized spacial score (nSPS) is 17.2. The fourth-order valence-corrected chi connectivity index (χ4v) is 6.40. The second-order valence-corrected chi connectivity index (χ2v) is 11.3. The number of aryl methyl sites for hydroxylation is 1. The Labute approximate surface area is 311 Å². The summed E-state index contributed by atoms with van der Waals surface area (Å²) in [6, 6.07) is 20.1. The van der Waals surface area contributed by atoms with Crippen LogP contribution in [0.15, 0.2) is 176 Å². The van der Waals surface area contributed by atoms with Gasteiger partial charge in [-0.3, -0.25) is 4.57 Å². The van der Waals surface area contributed by atoms with E-state index in [2.05, 4.69) is 4.98 Å². The Hall–Kier alpha value is -6.25. The van der Waals surface area contributed by atoms with E-state index < -0.39 is 91.8 Å². The minimum absolute atomic E-state index is 0.00869. The molecule has 49 heavy (non-hydrogen) atoms. The molecule has 0 fully saturated rings. The van der Waals surface area contributed by atoms with Gasteiger partial charge in [-0.15, -0.1) is 0 Å². The van der Waals surface area contributed by atoms with Gasteiger partial charge in [0.25, 0.3) is 0 Å². The summed E-state index contributed by atoms with van der Waals surface area (Å²) in [4.78, 5) is 4.39. The second kappa shape index (κ2) is 12.1. The molecule has 1 heterocycles. The molecule has 0 amide bonds. The molecular formula is C47H34N2. The lowest BCUT2D eigenvalue weighted by molar-refractivity contribution is 0.908. The zero-order chi connectivity index (χ0) is 48.3. The Morgan fingerprint density at radius 2 is 0.959 bits per heavy atom. The van der Waals surface area contributed by atoms with E-state index in [9.17, 15) is 5.48 Å². The molecule has 0 saturated heterocycles. The summed E-state index contributed by atoms with van der Waals surface area (Å²) in [5, 5.41) is -0.0673. The van der Waals surface area contributed by atoms with Crippen LogP contribution in [0, 0.1) is 0 Å². The first-order valence-electron chi connectivity index (χ1n) is 24.4. The third kappa shape index (κ3) is 5.01. The van der Waals surface area contributed by atoms with Gasteiger partial charge in [-0.1, -0.05) is 158 Å². The van der Waals surface area contributed by atoms with Gasteiger partial charge in [0.1, 0.15) is 5.82 Å². The summed E-state index contributed by atoms with van der Waals surface area (Å²) < 4.78 is 156. The molecule has 0 N–H and O–H groups in total. The van der Waals surface area contributed by atoms with E-state index in [-0.39, 0.29) is 55.2 Å². The molecule has 0 unspecified atom stereocenters. The average molecular weight is 645 g/mol. The van der Waals surface area contributed by atoms with E-state index in [1.54, 1.807) is 72.8 Å². The molecule has 2 nitrogen and oxygen atoms in total. The predicted molar refractivity (Wildman–Crippen MR) is 207 cm³/mol. The van der Waals surface area contributed by atoms with Crippen LogP contribution in [-0.2, 0) is 6.37 Å². The molecule has 0 aliphatic rings. The van der Waals surface area contributed by atoms with Gasteiger partial charge < -0.3 is 0 Å². The first-order valence-corrected chi connectivity index (χ1v) is 15.4. The van der Waals surface area contributed by atoms with E-state index in [4.69, 9.17) is 19.2 Å². The molecule has 232 valence electrons. The van der Waals surface area contributed by atoms with Crippen LogP contribution in [0.25, 0.3) is 82.8 Å². The highest BCUT2D eigenvalue weighted by molar-refractivity contribution is 6.21. The standard InChI is InChI=1S/C47H34N2/c1-2-45-48-43-18-10-11-19-44(43)49(45)38-30-28-35(29-31-38)34-22-26-37(27-23-34)47-41-16-8-6-14-39(41)46(40-15-7-9-17-42(40)47)36-24-20-33(21-25-36)32-12-4-3-5-13-32/h3-31H,2H2,1H3/i1D3,2D2,3D,4D,5D,6D,7D,8D,9D,12D,13D,14D,15D,16D,17D. The molecule has 0 aliphatic heterocycles. The Bertz CT molecular complexity index is 3430. The maximum atomic E-state index is 9.28. The van der Waals surface area contributed by atoms with Crippen LogP contribution in [0.1, 0.15) is 37.3 Å². The molecule has 9 aromatic rings. The Morgan fingerprint density at radius 3 is 1.49 bits per heavy atom. The lowest BCUT2D eigenvalue weighted by Gasteiger charge is -2.18. The summed E-state index contributed by atoms with van der Waals surface area (Å²) >= 11 is 0. The zero-order valence-electron chi connectivity index (χ0n) is 43.6. The summed E-state index contributed by atoms with van der Waals surface area (Å²) in [7, 11) is 0. The highest BCUT2D eigenvalue weighted by Crippen LogP contribution is 2.44. The van der Waals surface area contributed by atoms with Gasteiger partial charge in [0.15, 0.2) is 0 Å². The Morgan fingerprint density at radius 1 is 0.510 bits per heavy atom. The number of benzene rings is 8. The van der Waals surface area contributed by atoms with Gasteiger partial charge in [0.05, 0.1) is 28.9 Å². The number of hydrogen-bond donors (Lipinski definition) is 0. The van der Waals surface area contributed by atoms with Crippen LogP contribution in [0.4, 0.5) is 0 Å². The quantitative estimate of drug-likeness (QED) is 0.165. The largest absolute Gasteiger partial charge is 0.296 e. The van der Waals surface area contributed by atoms with Crippen LogP contribution in [-0.4, -0.2) is 9.55 Å². The van der Waals surface area contributed by atoms with Crippen LogP contribution >= 0.6 is 0 Å². The van der Waals surface area contributed by atoms with E-state index in [0.717, 1.165) is 0 Å². The number of hydrogen-bond acceptors (Lipinski definition) is 1. The number of nitrogens with zero attached hydrogens (tertiary/aromatic N) is 2. The molecule has 2 heteroatoms. The number of fused-ring (bicyclic) bond motifs is 3. The van der Waals surface area contributed by atoms with Crippen molar-refractivity contribution in [1.82, 2.24) is 9.55 Å². The van der Waals surface area contributed by atoms with E-state index in [1.807, 2.05) is 0 Å². The molecule has 0 atom stereocenters. The van der Waals surface area contributed by atoms with Crippen molar-refractivity contribution in [3.05, 3.63) is 181 Å². The third-order valence-electron chi connectivity index (χ3n) is 8.64. The minimum Gasteiger partial charge on any atom is -0.296 e. The lowest BCUT2D eigenvalue weighted by atomic mass is 9.85. The summed E-state index contributed by atoms with van der Waals surface area (Å²) in [6.07, 6.45) is -2.79. The number of rotatable bonds is 6. The molecule has 8 aromatic carbocycles. The molecule has 0 spiro atoms. The number of para-hydroxylation sites is 2. The lowest BCUT2D eigenvalue weighted by Crippen LogP contribution is -1.99. The molecule has 0 radical (unpaired) electrons. The number of imidazole rings is 1. The van der Waals surface area contributed by atoms with Crippen molar-refractivity contribution in [3.8, 4) is 50.2 Å². The van der Waals surface area contributed by atoms with Crippen LogP contribution in [0.3, 0.4) is 0 Å². The van der Waals surface area contributed by atoms with Gasteiger partial charge in [-0.05, 0) is 90.3 Å². The van der Waals surface area contributed by atoms with Crippen molar-refractivity contribution in [3.63, 3.8) is 0 Å². The summed E-state index contributed by atoms with van der Waals surface area (Å²) in [6.45, 7) is -3.01. The summed E-state index contributed by atoms with van der Waals surface area (Å²) in [5.74, 6) is -0.280. The van der Waals surface area contributed by atoms with Crippen molar-refractivity contribution in [2.45, 2.75) is 13.2 Å². The Kier molecular flexibility index (Phi) is 3.89. The third-order valence-corrected chi connectivity index (χ3v) is 8.64. The molecular weight excluding hydrogens is 593 g/mol. The first kappa shape index (κ1) is 15.8. The Balaban J connectivity index is 1.23. The van der Waals surface area contributed by atoms with Crippen molar-refractivity contribution in [2.75, 3.05) is 0 Å². The SMILES string of the molecule is [2H]c1c([2H])c([2H])c(-c2ccc(-c3c4c([2H])c([2H])c([2H])c([2H])c4c(-c4ccc(-c5ccc(-n6c(C([2H])([2H])C([2H])([2H])[2H])nc7ccccc76)cc5)cc4)c4c([2H])c([2H])c([2H])c([2H])c34)cc2)c([2H])c1[2H]. The van der Waals surface area contributed by atoms with Gasteiger partial charge in [-0.25, -0.2) is 4.98 Å². The van der Waals surface area contributed by atoms with E-state index in [0.29, 0.717) is 33.4 Å². The minimum atomic E-state index is -3.01. The maximum Gasteiger partial charge on any atom is 0.114 e. The van der Waals surface area contributed by atoms with E-state index >= 15 is 0 Å². The van der Waals surface area contributed by atoms with E-state index in [1.165, 1.54) is 28.8 Å². The first-order chi connectivity index (χ1) is 31.6. The average Bonchev–Trinajstić information content (AvgIpc) is 3.72. The summed E-state index contributed by atoms with van der Waals surface area (Å²) in [5.41, 5.74) is 3.80. The van der Waals surface area contributed by atoms with Crippen LogP contribution in [0.2, 0.25) is 0 Å². The van der Waals surface area contributed by atoms with Gasteiger partial charge in [-0.2, -0.15) is 0 Å². The molecule has 1 aromatic heterocycles. The highest BCUT2D eigenvalue weighted by atomic mass is 15.1. The van der Waals surface area contributed by atoms with Gasteiger partial charge >= 0.3 is 0 Å². The van der Waals surface area contributed by atoms with Gasteiger partial charge in [0.2, 0.25) is 0 Å². The fraction of sp³-hybridized carbons (Fsp3) is 0.0426. The topological polar surface area (TPSA) is 17.8 Å². The highest BCUT2D eigenvalue weighted by Gasteiger charge is 2.17. The van der Waals surface area contributed by atoms with Gasteiger partial charge in [0, 0.05) is 18.9 Å². The van der Waals surface area contributed by atoms with Crippen LogP contribution < -0.4 is 0 Å². The number of aromatic nitrogens is 2. The fourth-order valence-electron chi connectivity index (χ4n) is 6.40. The monoisotopic (exact) mass is 644 g/mol. The molecule has 0 bridgehead atoms. The molecule has 0 saturated carbocycles. The molecule has 0 aliphatic carbocycles. The zero-order valence-corrected chi connectivity index (χ0v) is 25.6. The van der Waals surface area contributed by atoms with Crippen molar-refractivity contribution < 1.29 is 24.7 Å². The maximum absolute atomic E-state index is 9.28. The smallest absolute Gasteiger partial charge is 0.114 e. The van der Waals surface area contributed by atoms with Crippen molar-refractivity contribution in [2.24, 2.45) is 0 Å². The second-order valence-electron chi connectivity index (χ2n) is 11.3. The predicted octanol–water partition coefficient (Wildman–Crippen LogP) is 12.6.